The quantitative estimate of drug-likeness (QED) is 0.718. The van der Waals surface area contributed by atoms with E-state index in [1.54, 1.807) is 0 Å². The minimum atomic E-state index is 0.176. The molecule has 1 atom stereocenters. The second-order valence-corrected chi connectivity index (χ2v) is 3.56. The molecular weight excluding hydrogens is 186 g/mol. The average molecular weight is 205 g/mol. The van der Waals surface area contributed by atoms with Crippen molar-refractivity contribution >= 4 is 0 Å². The van der Waals surface area contributed by atoms with Gasteiger partial charge in [0, 0.05) is 19.3 Å². The molecule has 1 aromatic heterocycles. The van der Waals surface area contributed by atoms with Crippen LogP contribution in [0, 0.1) is 12.3 Å². The van der Waals surface area contributed by atoms with Gasteiger partial charge in [0.15, 0.2) is 0 Å². The molecule has 3 nitrogen and oxygen atoms in total. The number of nitrogens with one attached hydrogen (secondary N) is 1. The van der Waals surface area contributed by atoms with E-state index >= 15 is 0 Å². The van der Waals surface area contributed by atoms with E-state index in [1.165, 1.54) is 5.69 Å². The summed E-state index contributed by atoms with van der Waals surface area (Å²) < 4.78 is 2.12. The van der Waals surface area contributed by atoms with Gasteiger partial charge in [-0.05, 0) is 13.3 Å². The largest absolute Gasteiger partial charge is 0.334 e. The van der Waals surface area contributed by atoms with E-state index in [0.29, 0.717) is 0 Å². The van der Waals surface area contributed by atoms with Crippen LogP contribution in [-0.4, -0.2) is 15.6 Å². The Balaban J connectivity index is 2.45. The molecule has 0 bridgehead atoms. The van der Waals surface area contributed by atoms with Crippen LogP contribution >= 0.6 is 0 Å². The molecule has 1 aromatic rings. The van der Waals surface area contributed by atoms with Crippen molar-refractivity contribution in [3.63, 3.8) is 0 Å². The molecule has 0 aliphatic carbocycles. The number of nitrogens with zero attached hydrogens (tertiary/aromatic N) is 2. The highest BCUT2D eigenvalue weighted by Gasteiger charge is 2.05. The van der Waals surface area contributed by atoms with E-state index < -0.39 is 0 Å². The van der Waals surface area contributed by atoms with Gasteiger partial charge in [-0.25, -0.2) is 4.98 Å². The summed E-state index contributed by atoms with van der Waals surface area (Å²) in [4.78, 5) is 4.11. The molecule has 0 spiro atoms. The molecule has 1 heterocycles. The zero-order valence-electron chi connectivity index (χ0n) is 9.53. The standard InChI is InChI=1S/C12H19N3/c1-4-7-11(5-2)14-9-12-8-13-10-15(12)6-3/h2,8,10-11,14H,4,6-7,9H2,1,3H3. The van der Waals surface area contributed by atoms with Crippen LogP contribution < -0.4 is 5.32 Å². The summed E-state index contributed by atoms with van der Waals surface area (Å²) in [6.45, 7) is 5.99. The predicted molar refractivity (Wildman–Crippen MR) is 62.3 cm³/mol. The topological polar surface area (TPSA) is 29.9 Å². The number of hydrogen-bond acceptors (Lipinski definition) is 2. The molecule has 0 saturated heterocycles. The molecule has 0 saturated carbocycles. The van der Waals surface area contributed by atoms with Gasteiger partial charge in [-0.2, -0.15) is 0 Å². The highest BCUT2D eigenvalue weighted by Crippen LogP contribution is 2.01. The minimum absolute atomic E-state index is 0.176. The van der Waals surface area contributed by atoms with Gasteiger partial charge in [-0.3, -0.25) is 5.32 Å². The fourth-order valence-electron chi connectivity index (χ4n) is 1.54. The van der Waals surface area contributed by atoms with E-state index in [2.05, 4.69) is 34.6 Å². The number of imidazole rings is 1. The summed E-state index contributed by atoms with van der Waals surface area (Å²) in [5.41, 5.74) is 1.19. The second kappa shape index (κ2) is 6.26. The van der Waals surface area contributed by atoms with Crippen LogP contribution in [0.4, 0.5) is 0 Å². The fraction of sp³-hybridized carbons (Fsp3) is 0.583. The van der Waals surface area contributed by atoms with Crippen molar-refractivity contribution in [2.75, 3.05) is 0 Å². The summed E-state index contributed by atoms with van der Waals surface area (Å²) in [5.74, 6) is 2.76. The first-order chi connectivity index (χ1) is 7.31. The maximum absolute atomic E-state index is 5.43. The van der Waals surface area contributed by atoms with Gasteiger partial charge in [0.1, 0.15) is 0 Å². The Bertz CT molecular complexity index is 322. The van der Waals surface area contributed by atoms with Crippen LogP contribution in [0.1, 0.15) is 32.4 Å². The molecule has 1 N–H and O–H groups in total. The SMILES string of the molecule is C#CC(CCC)NCc1cncn1CC. The van der Waals surface area contributed by atoms with Crippen molar-refractivity contribution in [1.82, 2.24) is 14.9 Å². The lowest BCUT2D eigenvalue weighted by Gasteiger charge is -2.12. The molecule has 15 heavy (non-hydrogen) atoms. The highest BCUT2D eigenvalue weighted by atomic mass is 15.1. The number of aryl methyl sites for hydroxylation is 1. The van der Waals surface area contributed by atoms with E-state index in [-0.39, 0.29) is 6.04 Å². The number of hydrogen-bond donors (Lipinski definition) is 1. The van der Waals surface area contributed by atoms with Crippen molar-refractivity contribution in [2.24, 2.45) is 0 Å². The van der Waals surface area contributed by atoms with Crippen LogP contribution in [0.5, 0.6) is 0 Å². The molecule has 0 aliphatic rings. The van der Waals surface area contributed by atoms with Crippen molar-refractivity contribution in [3.8, 4) is 12.3 Å². The van der Waals surface area contributed by atoms with Crippen molar-refractivity contribution in [2.45, 2.75) is 45.8 Å². The van der Waals surface area contributed by atoms with Crippen LogP contribution in [0.3, 0.4) is 0 Å². The smallest absolute Gasteiger partial charge is 0.0948 e. The normalized spacial score (nSPS) is 12.3. The number of aromatic nitrogens is 2. The number of rotatable bonds is 6. The lowest BCUT2D eigenvalue weighted by atomic mass is 10.2. The molecule has 1 unspecified atom stereocenters. The molecule has 0 aromatic carbocycles. The summed E-state index contributed by atoms with van der Waals surface area (Å²) in [5, 5.41) is 3.35. The first-order valence-corrected chi connectivity index (χ1v) is 5.50. The summed E-state index contributed by atoms with van der Waals surface area (Å²) >= 11 is 0. The maximum atomic E-state index is 5.43. The van der Waals surface area contributed by atoms with Gasteiger partial charge in [0.2, 0.25) is 0 Å². The third-order valence-electron chi connectivity index (χ3n) is 2.45. The maximum Gasteiger partial charge on any atom is 0.0948 e. The summed E-state index contributed by atoms with van der Waals surface area (Å²) in [7, 11) is 0. The zero-order valence-corrected chi connectivity index (χ0v) is 9.53. The van der Waals surface area contributed by atoms with Crippen LogP contribution in [-0.2, 0) is 13.1 Å². The Morgan fingerprint density at radius 2 is 2.40 bits per heavy atom. The van der Waals surface area contributed by atoms with Gasteiger partial charge < -0.3 is 4.57 Å². The monoisotopic (exact) mass is 205 g/mol. The van der Waals surface area contributed by atoms with E-state index in [9.17, 15) is 0 Å². The minimum Gasteiger partial charge on any atom is -0.334 e. The Labute approximate surface area is 91.9 Å². The van der Waals surface area contributed by atoms with Gasteiger partial charge >= 0.3 is 0 Å². The average Bonchev–Trinajstić information content (AvgIpc) is 2.71. The van der Waals surface area contributed by atoms with Gasteiger partial charge in [-0.15, -0.1) is 6.42 Å². The van der Waals surface area contributed by atoms with Gasteiger partial charge in [0.25, 0.3) is 0 Å². The Kier molecular flexibility index (Phi) is 4.92. The van der Waals surface area contributed by atoms with Gasteiger partial charge in [-0.1, -0.05) is 19.3 Å². The zero-order chi connectivity index (χ0) is 11.1. The third kappa shape index (κ3) is 3.41. The Morgan fingerprint density at radius 3 is 3.00 bits per heavy atom. The van der Waals surface area contributed by atoms with Crippen LogP contribution in [0.2, 0.25) is 0 Å². The van der Waals surface area contributed by atoms with Crippen molar-refractivity contribution in [1.29, 1.82) is 0 Å². The first-order valence-electron chi connectivity index (χ1n) is 5.50. The summed E-state index contributed by atoms with van der Waals surface area (Å²) in [6.07, 6.45) is 11.3. The van der Waals surface area contributed by atoms with E-state index in [0.717, 1.165) is 25.9 Å². The molecule has 3 heteroatoms. The lowest BCUT2D eigenvalue weighted by molar-refractivity contribution is 0.543. The number of terminal acetylenes is 1. The van der Waals surface area contributed by atoms with Crippen LogP contribution in [0.15, 0.2) is 12.5 Å². The molecular formula is C12H19N3. The molecule has 0 radical (unpaired) electrons. The Morgan fingerprint density at radius 1 is 1.60 bits per heavy atom. The fourth-order valence-corrected chi connectivity index (χ4v) is 1.54. The van der Waals surface area contributed by atoms with Crippen molar-refractivity contribution in [3.05, 3.63) is 18.2 Å². The molecule has 82 valence electrons. The third-order valence-corrected chi connectivity index (χ3v) is 2.45. The molecule has 0 aliphatic heterocycles. The van der Waals surface area contributed by atoms with Gasteiger partial charge in [0.05, 0.1) is 18.1 Å². The van der Waals surface area contributed by atoms with Crippen molar-refractivity contribution < 1.29 is 0 Å². The van der Waals surface area contributed by atoms with E-state index in [1.807, 2.05) is 12.5 Å². The molecule has 0 fully saturated rings. The predicted octanol–water partition coefficient (Wildman–Crippen LogP) is 1.79. The second-order valence-electron chi connectivity index (χ2n) is 3.56. The highest BCUT2D eigenvalue weighted by molar-refractivity contribution is 5.02. The Hall–Kier alpha value is -1.27. The molecule has 0 amide bonds. The molecule has 1 rings (SSSR count). The first kappa shape index (κ1) is 11.8. The summed E-state index contributed by atoms with van der Waals surface area (Å²) in [6, 6.07) is 0.176. The van der Waals surface area contributed by atoms with E-state index in [4.69, 9.17) is 6.42 Å². The van der Waals surface area contributed by atoms with Crippen LogP contribution in [0.25, 0.3) is 0 Å². The lowest BCUT2D eigenvalue weighted by Crippen LogP contribution is -2.27.